The molecular formula is C17H23FN2O2. The van der Waals surface area contributed by atoms with Crippen LogP contribution in [0.15, 0.2) is 24.3 Å². The fourth-order valence-electron chi connectivity index (χ4n) is 3.61. The van der Waals surface area contributed by atoms with Gasteiger partial charge in [-0.2, -0.15) is 0 Å². The number of rotatable bonds is 3. The van der Waals surface area contributed by atoms with E-state index < -0.39 is 0 Å². The van der Waals surface area contributed by atoms with Crippen LogP contribution in [0.4, 0.5) is 4.39 Å². The van der Waals surface area contributed by atoms with Gasteiger partial charge in [0.2, 0.25) is 5.91 Å². The number of carbonyl (C=O) groups is 1. The Kier molecular flexibility index (Phi) is 4.74. The predicted octanol–water partition coefficient (Wildman–Crippen LogP) is 2.10. The molecule has 2 N–H and O–H groups in total. The average Bonchev–Trinajstić information content (AvgIpc) is 3.03. The molecule has 1 amide bonds. The molecule has 4 nitrogen and oxygen atoms in total. The van der Waals surface area contributed by atoms with Gasteiger partial charge in [0.05, 0.1) is 13.2 Å². The first-order chi connectivity index (χ1) is 10.7. The molecule has 5 heteroatoms. The Labute approximate surface area is 130 Å². The zero-order valence-electron chi connectivity index (χ0n) is 12.7. The Hall–Kier alpha value is -1.46. The number of hydrogen-bond acceptors (Lipinski definition) is 3. The summed E-state index contributed by atoms with van der Waals surface area (Å²) in [6.07, 6.45) is 2.91. The van der Waals surface area contributed by atoms with Crippen LogP contribution < -0.4 is 5.73 Å². The van der Waals surface area contributed by atoms with Gasteiger partial charge in [0.15, 0.2) is 0 Å². The van der Waals surface area contributed by atoms with Crippen LogP contribution in [0.1, 0.15) is 30.9 Å². The van der Waals surface area contributed by atoms with Gasteiger partial charge in [-0.3, -0.25) is 4.79 Å². The van der Waals surface area contributed by atoms with Gasteiger partial charge in [-0.15, -0.1) is 0 Å². The van der Waals surface area contributed by atoms with E-state index in [-0.39, 0.29) is 23.7 Å². The third-order valence-electron chi connectivity index (χ3n) is 4.90. The topological polar surface area (TPSA) is 55.6 Å². The van der Waals surface area contributed by atoms with Crippen LogP contribution in [0.3, 0.4) is 0 Å². The van der Waals surface area contributed by atoms with Gasteiger partial charge in [0, 0.05) is 12.5 Å². The Morgan fingerprint density at radius 3 is 2.82 bits per heavy atom. The second kappa shape index (κ2) is 6.75. The molecule has 120 valence electrons. The van der Waals surface area contributed by atoms with Crippen molar-refractivity contribution in [1.29, 1.82) is 0 Å². The van der Waals surface area contributed by atoms with Crippen LogP contribution in [0.5, 0.6) is 0 Å². The maximum Gasteiger partial charge on any atom is 0.226 e. The van der Waals surface area contributed by atoms with Gasteiger partial charge in [-0.1, -0.05) is 18.6 Å². The normalized spacial score (nSPS) is 28.8. The third-order valence-corrected chi connectivity index (χ3v) is 4.90. The van der Waals surface area contributed by atoms with E-state index in [1.54, 1.807) is 12.1 Å². The lowest BCUT2D eigenvalue weighted by molar-refractivity contribution is -0.144. The Bertz CT molecular complexity index is 520. The monoisotopic (exact) mass is 306 g/mol. The average molecular weight is 306 g/mol. The molecule has 1 heterocycles. The van der Waals surface area contributed by atoms with Crippen molar-refractivity contribution < 1.29 is 13.9 Å². The molecule has 2 fully saturated rings. The van der Waals surface area contributed by atoms with Crippen LogP contribution in [0.2, 0.25) is 0 Å². The molecule has 2 aliphatic rings. The number of carbonyl (C=O) groups excluding carboxylic acids is 1. The number of nitrogens with zero attached hydrogens (tertiary/aromatic N) is 1. The van der Waals surface area contributed by atoms with E-state index in [1.165, 1.54) is 12.1 Å². The van der Waals surface area contributed by atoms with Crippen molar-refractivity contribution in [3.8, 4) is 0 Å². The molecule has 1 saturated carbocycles. The van der Waals surface area contributed by atoms with Crippen LogP contribution in [-0.4, -0.2) is 37.0 Å². The molecule has 0 spiro atoms. The van der Waals surface area contributed by atoms with Crippen molar-refractivity contribution in [2.24, 2.45) is 17.6 Å². The molecule has 0 aromatic heterocycles. The summed E-state index contributed by atoms with van der Waals surface area (Å²) in [5, 5.41) is 0. The Morgan fingerprint density at radius 2 is 2.09 bits per heavy atom. The number of amides is 1. The van der Waals surface area contributed by atoms with E-state index in [2.05, 4.69) is 0 Å². The van der Waals surface area contributed by atoms with E-state index in [4.69, 9.17) is 10.5 Å². The van der Waals surface area contributed by atoms with Crippen LogP contribution in [0, 0.1) is 17.7 Å². The van der Waals surface area contributed by atoms with Gasteiger partial charge < -0.3 is 15.4 Å². The molecule has 22 heavy (non-hydrogen) atoms. The molecule has 3 rings (SSSR count). The standard InChI is InChI=1S/C17H23FN2O2/c18-14-6-4-12(5-7-14)16-11-20(8-9-22-16)17(21)15-3-1-2-13(15)10-19/h4-7,13,15-16H,1-3,8-11,19H2/t13-,15-,16?/m1/s1. The summed E-state index contributed by atoms with van der Waals surface area (Å²) in [4.78, 5) is 14.7. The minimum absolute atomic E-state index is 0.0666. The summed E-state index contributed by atoms with van der Waals surface area (Å²) >= 11 is 0. The summed E-state index contributed by atoms with van der Waals surface area (Å²) in [5.74, 6) is 0.337. The zero-order chi connectivity index (χ0) is 15.5. The van der Waals surface area contributed by atoms with E-state index in [0.717, 1.165) is 24.8 Å². The molecule has 1 aromatic rings. The van der Waals surface area contributed by atoms with Crippen molar-refractivity contribution >= 4 is 5.91 Å². The predicted molar refractivity (Wildman–Crippen MR) is 81.6 cm³/mol. The molecule has 1 aliphatic carbocycles. The molecule has 3 atom stereocenters. The maximum atomic E-state index is 13.0. The highest BCUT2D eigenvalue weighted by Crippen LogP contribution is 2.33. The fourth-order valence-corrected chi connectivity index (χ4v) is 3.61. The lowest BCUT2D eigenvalue weighted by atomic mass is 9.94. The number of halogens is 1. The highest BCUT2D eigenvalue weighted by atomic mass is 19.1. The van der Waals surface area contributed by atoms with Crippen molar-refractivity contribution in [2.75, 3.05) is 26.2 Å². The Balaban J connectivity index is 1.67. The van der Waals surface area contributed by atoms with Crippen molar-refractivity contribution in [2.45, 2.75) is 25.4 Å². The summed E-state index contributed by atoms with van der Waals surface area (Å²) in [6, 6.07) is 6.32. The molecule has 1 saturated heterocycles. The first kappa shape index (κ1) is 15.4. The van der Waals surface area contributed by atoms with E-state index in [0.29, 0.717) is 32.2 Å². The van der Waals surface area contributed by atoms with E-state index >= 15 is 0 Å². The number of benzene rings is 1. The van der Waals surface area contributed by atoms with Crippen LogP contribution >= 0.6 is 0 Å². The minimum Gasteiger partial charge on any atom is -0.370 e. The van der Waals surface area contributed by atoms with Gasteiger partial charge in [0.25, 0.3) is 0 Å². The molecule has 1 aliphatic heterocycles. The van der Waals surface area contributed by atoms with Crippen molar-refractivity contribution in [1.82, 2.24) is 4.90 Å². The summed E-state index contributed by atoms with van der Waals surface area (Å²) < 4.78 is 18.8. The van der Waals surface area contributed by atoms with E-state index in [9.17, 15) is 9.18 Å². The maximum absolute atomic E-state index is 13.0. The Morgan fingerprint density at radius 1 is 1.32 bits per heavy atom. The van der Waals surface area contributed by atoms with Gasteiger partial charge in [0.1, 0.15) is 11.9 Å². The molecule has 0 radical (unpaired) electrons. The summed E-state index contributed by atoms with van der Waals surface area (Å²) in [5.41, 5.74) is 6.71. The van der Waals surface area contributed by atoms with Crippen LogP contribution in [-0.2, 0) is 9.53 Å². The van der Waals surface area contributed by atoms with Gasteiger partial charge >= 0.3 is 0 Å². The molecule has 0 bridgehead atoms. The lowest BCUT2D eigenvalue weighted by Gasteiger charge is -2.35. The lowest BCUT2D eigenvalue weighted by Crippen LogP contribution is -2.46. The summed E-state index contributed by atoms with van der Waals surface area (Å²) in [6.45, 7) is 2.28. The molecule has 1 aromatic carbocycles. The quantitative estimate of drug-likeness (QED) is 0.930. The number of nitrogens with two attached hydrogens (primary N) is 1. The SMILES string of the molecule is NC[C@H]1CCC[C@H]1C(=O)N1CCOC(c2ccc(F)cc2)C1. The second-order valence-corrected chi connectivity index (χ2v) is 6.23. The van der Waals surface area contributed by atoms with Gasteiger partial charge in [-0.25, -0.2) is 4.39 Å². The number of morpholine rings is 1. The highest BCUT2D eigenvalue weighted by molar-refractivity contribution is 5.79. The van der Waals surface area contributed by atoms with Crippen molar-refractivity contribution in [3.05, 3.63) is 35.6 Å². The number of ether oxygens (including phenoxy) is 1. The van der Waals surface area contributed by atoms with E-state index in [1.807, 2.05) is 4.90 Å². The second-order valence-electron chi connectivity index (χ2n) is 6.23. The molecular weight excluding hydrogens is 283 g/mol. The van der Waals surface area contributed by atoms with Gasteiger partial charge in [-0.05, 0) is 43.0 Å². The van der Waals surface area contributed by atoms with Crippen LogP contribution in [0.25, 0.3) is 0 Å². The zero-order valence-corrected chi connectivity index (χ0v) is 12.7. The first-order valence-corrected chi connectivity index (χ1v) is 8.05. The fraction of sp³-hybridized carbons (Fsp3) is 0.588. The third kappa shape index (κ3) is 3.15. The summed E-state index contributed by atoms with van der Waals surface area (Å²) in [7, 11) is 0. The number of hydrogen-bond donors (Lipinski definition) is 1. The molecule has 1 unspecified atom stereocenters. The first-order valence-electron chi connectivity index (χ1n) is 8.05. The highest BCUT2D eigenvalue weighted by Gasteiger charge is 2.36. The minimum atomic E-state index is -0.260. The largest absolute Gasteiger partial charge is 0.370 e. The van der Waals surface area contributed by atoms with Crippen molar-refractivity contribution in [3.63, 3.8) is 0 Å². The smallest absolute Gasteiger partial charge is 0.226 e.